The zero-order valence-corrected chi connectivity index (χ0v) is 35.8. The van der Waals surface area contributed by atoms with Crippen LogP contribution in [0, 0.1) is 6.92 Å². The van der Waals surface area contributed by atoms with Gasteiger partial charge in [-0.2, -0.15) is 35.8 Å². The molecule has 0 unspecified atom stereocenters. The Morgan fingerprint density at radius 2 is 1.75 bits per heavy atom. The van der Waals surface area contributed by atoms with Crippen molar-refractivity contribution in [2.45, 2.75) is 45.0 Å². The fraction of sp³-hybridized carbons (Fsp3) is 0.318. The minimum absolute atomic E-state index is 0.0826. The van der Waals surface area contributed by atoms with Crippen LogP contribution >= 0.6 is 23.1 Å². The van der Waals surface area contributed by atoms with Crippen molar-refractivity contribution in [1.29, 1.82) is 0 Å². The van der Waals surface area contributed by atoms with Gasteiger partial charge in [-0.05, 0) is 72.5 Å². The Bertz CT molecular complexity index is 2800. The molecule has 1 fully saturated rings. The average molecular weight is 928 g/mol. The number of aromatic nitrogens is 5. The first-order chi connectivity index (χ1) is 30.5. The molecule has 3 aromatic carbocycles. The van der Waals surface area contributed by atoms with Crippen molar-refractivity contribution in [3.05, 3.63) is 107 Å². The van der Waals surface area contributed by atoms with Gasteiger partial charge < -0.3 is 29.2 Å². The normalized spacial score (nSPS) is 14.6. The number of likely N-dealkylation sites (N-methyl/N-ethyl adjacent to an activating group) is 1. The van der Waals surface area contributed by atoms with Crippen LogP contribution in [0.3, 0.4) is 0 Å². The molecular formula is C44H40ClF6N7O5S. The van der Waals surface area contributed by atoms with Gasteiger partial charge in [-0.1, -0.05) is 48.0 Å². The summed E-state index contributed by atoms with van der Waals surface area (Å²) in [4.78, 5) is 24.8. The van der Waals surface area contributed by atoms with Crippen LogP contribution in [0.4, 0.5) is 26.3 Å². The fourth-order valence-corrected chi connectivity index (χ4v) is 8.56. The predicted molar refractivity (Wildman–Crippen MR) is 229 cm³/mol. The lowest BCUT2D eigenvalue weighted by molar-refractivity contribution is -0.145. The molecule has 5 heterocycles. The summed E-state index contributed by atoms with van der Waals surface area (Å²) in [6.45, 7) is 4.96. The second-order valence-corrected chi connectivity index (χ2v) is 16.5. The number of H-pyrrole nitrogens is 1. The molecule has 1 aliphatic heterocycles. The highest BCUT2D eigenvalue weighted by Gasteiger charge is 2.34. The summed E-state index contributed by atoms with van der Waals surface area (Å²) >= 11 is 8.03. The Morgan fingerprint density at radius 3 is 2.50 bits per heavy atom. The Hall–Kier alpha value is -5.89. The van der Waals surface area contributed by atoms with Crippen LogP contribution in [-0.4, -0.2) is 104 Å². The van der Waals surface area contributed by atoms with Crippen LogP contribution < -0.4 is 14.2 Å². The number of carbonyl (C=O) groups is 1. The summed E-state index contributed by atoms with van der Waals surface area (Å²) in [7, 11) is 2.08. The first kappa shape index (κ1) is 44.7. The van der Waals surface area contributed by atoms with Gasteiger partial charge >= 0.3 is 18.3 Å². The zero-order chi connectivity index (χ0) is 45.3. The van der Waals surface area contributed by atoms with Crippen molar-refractivity contribution < 1.29 is 50.5 Å². The number of aliphatic carboxylic acids is 1. The summed E-state index contributed by atoms with van der Waals surface area (Å²) in [5, 5.41) is 15.2. The summed E-state index contributed by atoms with van der Waals surface area (Å²) in [5.41, 5.74) is 1.86. The maximum atomic E-state index is 14.0. The van der Waals surface area contributed by atoms with Gasteiger partial charge in [-0.25, -0.2) is 4.79 Å². The monoisotopic (exact) mass is 927 g/mol. The highest BCUT2D eigenvalue weighted by molar-refractivity contribution is 7.13. The van der Waals surface area contributed by atoms with E-state index in [9.17, 15) is 36.2 Å². The molecule has 336 valence electrons. The van der Waals surface area contributed by atoms with E-state index in [1.165, 1.54) is 24.5 Å². The van der Waals surface area contributed by atoms with E-state index in [2.05, 4.69) is 31.3 Å². The molecule has 2 N–H and O–H groups in total. The van der Waals surface area contributed by atoms with Gasteiger partial charge in [0.25, 0.3) is 0 Å². The van der Waals surface area contributed by atoms with Gasteiger partial charge in [0.15, 0.2) is 0 Å². The number of benzene rings is 3. The highest BCUT2D eigenvalue weighted by atomic mass is 35.5. The largest absolute Gasteiger partial charge is 0.491 e. The maximum Gasteiger partial charge on any atom is 0.431 e. The number of rotatable bonds is 15. The third-order valence-electron chi connectivity index (χ3n) is 11.0. The number of carboxylic acid groups (broad SMARTS) is 1. The molecule has 4 aromatic heterocycles. The number of nitrogens with one attached hydrogen (secondary N) is 1. The molecule has 0 amide bonds. The number of hydrogen-bond acceptors (Lipinski definition) is 10. The highest BCUT2D eigenvalue weighted by Crippen LogP contribution is 2.47. The molecule has 1 saturated heterocycles. The smallest absolute Gasteiger partial charge is 0.431 e. The topological polar surface area (TPSA) is 131 Å². The molecule has 8 rings (SSSR count). The van der Waals surface area contributed by atoms with E-state index in [1.54, 1.807) is 55.5 Å². The fourth-order valence-electron chi connectivity index (χ4n) is 7.65. The lowest BCUT2D eigenvalue weighted by Gasteiger charge is -2.32. The molecule has 12 nitrogen and oxygen atoms in total. The molecule has 0 saturated carbocycles. The number of para-hydroxylation sites is 1. The molecule has 0 bridgehead atoms. The van der Waals surface area contributed by atoms with Crippen molar-refractivity contribution in [2.24, 2.45) is 0 Å². The molecule has 1 atom stereocenters. The molecule has 0 radical (unpaired) electrons. The van der Waals surface area contributed by atoms with Crippen LogP contribution in [0.25, 0.3) is 43.4 Å². The third-order valence-corrected chi connectivity index (χ3v) is 12.2. The summed E-state index contributed by atoms with van der Waals surface area (Å²) in [6, 6.07) is 17.1. The first-order valence-corrected chi connectivity index (χ1v) is 21.2. The number of ether oxygens (including phenoxy) is 3. The zero-order valence-electron chi connectivity index (χ0n) is 34.3. The van der Waals surface area contributed by atoms with Gasteiger partial charge in [-0.3, -0.25) is 14.6 Å². The number of hydrogen-bond donors (Lipinski definition) is 2. The van der Waals surface area contributed by atoms with Gasteiger partial charge in [0.1, 0.15) is 37.0 Å². The third kappa shape index (κ3) is 9.76. The number of alkyl halides is 6. The van der Waals surface area contributed by atoms with Crippen LogP contribution in [0.5, 0.6) is 17.4 Å². The van der Waals surface area contributed by atoms with E-state index in [4.69, 9.17) is 30.8 Å². The number of fused-ring (bicyclic) bond motifs is 2. The minimum Gasteiger partial charge on any atom is -0.491 e. The van der Waals surface area contributed by atoms with Crippen molar-refractivity contribution in [3.63, 3.8) is 0 Å². The number of nitrogens with zero attached hydrogens (tertiary/aromatic N) is 6. The van der Waals surface area contributed by atoms with Crippen LogP contribution in [-0.2, 0) is 30.5 Å². The summed E-state index contributed by atoms with van der Waals surface area (Å²) < 4.78 is 106. The molecule has 1 aliphatic rings. The Morgan fingerprint density at radius 1 is 0.969 bits per heavy atom. The summed E-state index contributed by atoms with van der Waals surface area (Å²) in [5.74, 6) is -0.802. The molecule has 64 heavy (non-hydrogen) atoms. The first-order valence-electron chi connectivity index (χ1n) is 20.0. The Balaban J connectivity index is 1.17. The Kier molecular flexibility index (Phi) is 12.8. The number of piperazine rings is 1. The molecule has 0 aliphatic carbocycles. The summed E-state index contributed by atoms with van der Waals surface area (Å²) in [6.07, 6.45) is -8.27. The second kappa shape index (κ2) is 18.3. The van der Waals surface area contributed by atoms with Crippen LogP contribution in [0.1, 0.15) is 22.5 Å². The quantitative estimate of drug-likeness (QED) is 0.0960. The van der Waals surface area contributed by atoms with Crippen molar-refractivity contribution in [3.8, 4) is 39.8 Å². The van der Waals surface area contributed by atoms with Gasteiger partial charge in [0, 0.05) is 73.6 Å². The van der Waals surface area contributed by atoms with E-state index in [0.717, 1.165) is 48.5 Å². The van der Waals surface area contributed by atoms with Crippen molar-refractivity contribution in [1.82, 2.24) is 33.9 Å². The van der Waals surface area contributed by atoms with E-state index in [-0.39, 0.29) is 46.9 Å². The molecule has 7 aromatic rings. The number of halogens is 7. The van der Waals surface area contributed by atoms with E-state index in [1.807, 2.05) is 0 Å². The average Bonchev–Trinajstić information content (AvgIpc) is 4.00. The van der Waals surface area contributed by atoms with Crippen LogP contribution in [0.15, 0.2) is 79.1 Å². The number of pyridine rings is 1. The molecule has 20 heteroatoms. The molecular weight excluding hydrogens is 888 g/mol. The predicted octanol–water partition coefficient (Wildman–Crippen LogP) is 9.53. The lowest BCUT2D eigenvalue weighted by atomic mass is 9.92. The number of carboxylic acids is 1. The maximum absolute atomic E-state index is 14.0. The SMILES string of the molecule is Cc1c(-c2c(-c3cccc4[nH]c(C(F)(F)F)cc34)ncc3snc(O[C@H](Cc4ccccc4OCc4ccnn4CC(F)(F)F)C(=O)O)c23)ccc(OCCN2CCN(C)CC2)c1Cl. The van der Waals surface area contributed by atoms with Gasteiger partial charge in [-0.15, -0.1) is 0 Å². The second-order valence-electron chi connectivity index (χ2n) is 15.3. The minimum atomic E-state index is -4.66. The standard InChI is InChI=1S/C44H40ClF6N7O5S/c1-25-28(10-11-33(39(25)45)61-19-18-57-16-14-56(2)15-17-57)37-38-35(22-52-40(37)29-7-5-8-31-30(29)21-36(54-31)44(49,50)51)64-55-41(38)63-34(42(59)60)20-26-6-3-4-9-32(26)62-23-27-12-13-53-58(27)24-43(46,47)48/h3-13,21-22,34,54H,14-20,23-24H2,1-2H3,(H,59,60)/t34-/m1/s1. The number of aromatic amines is 1. The molecule has 0 spiro atoms. The lowest BCUT2D eigenvalue weighted by Crippen LogP contribution is -2.45. The van der Waals surface area contributed by atoms with E-state index < -0.39 is 36.7 Å². The van der Waals surface area contributed by atoms with Gasteiger partial charge in [0.05, 0.1) is 26.5 Å². The van der Waals surface area contributed by atoms with Crippen LogP contribution in [0.2, 0.25) is 5.02 Å². The van der Waals surface area contributed by atoms with Crippen molar-refractivity contribution >= 4 is 50.1 Å². The van der Waals surface area contributed by atoms with Gasteiger partial charge in [0.2, 0.25) is 12.0 Å². The van der Waals surface area contributed by atoms with E-state index in [0.29, 0.717) is 61.8 Å². The Labute approximate surface area is 371 Å². The van der Waals surface area contributed by atoms with Crippen molar-refractivity contribution in [2.75, 3.05) is 46.4 Å². The van der Waals surface area contributed by atoms with E-state index >= 15 is 0 Å².